The summed E-state index contributed by atoms with van der Waals surface area (Å²) < 4.78 is 42.9. The van der Waals surface area contributed by atoms with Crippen LogP contribution < -0.4 is 10.5 Å². The number of hydrogen-bond donors (Lipinski definition) is 1. The van der Waals surface area contributed by atoms with Gasteiger partial charge in [0.05, 0.1) is 6.61 Å². The second-order valence-electron chi connectivity index (χ2n) is 5.20. The fraction of sp³-hybridized carbons (Fsp3) is 0.625. The van der Waals surface area contributed by atoms with Crippen molar-refractivity contribution in [1.82, 2.24) is 0 Å². The van der Waals surface area contributed by atoms with Crippen LogP contribution in [0.25, 0.3) is 0 Å². The third-order valence-corrected chi connectivity index (χ3v) is 3.36. The quantitative estimate of drug-likeness (QED) is 0.652. The van der Waals surface area contributed by atoms with Crippen LogP contribution in [0.2, 0.25) is 0 Å². The van der Waals surface area contributed by atoms with Crippen molar-refractivity contribution in [2.24, 2.45) is 5.73 Å². The summed E-state index contributed by atoms with van der Waals surface area (Å²) in [6.07, 6.45) is 2.62. The van der Waals surface area contributed by atoms with E-state index < -0.39 is 12.2 Å². The highest BCUT2D eigenvalue weighted by Crippen LogP contribution is 2.31. The van der Waals surface area contributed by atoms with Crippen molar-refractivity contribution in [2.75, 3.05) is 6.61 Å². The summed E-state index contributed by atoms with van der Waals surface area (Å²) in [7, 11) is 0. The molecule has 0 aromatic heterocycles. The SMILES string of the molecule is CCCCCCCCOc1ccc([C@H](N)C(F)(F)F)cc1. The molecule has 0 aliphatic rings. The number of ether oxygens (including phenoxy) is 1. The summed E-state index contributed by atoms with van der Waals surface area (Å²) in [5, 5.41) is 0. The highest BCUT2D eigenvalue weighted by atomic mass is 19.4. The first-order valence-electron chi connectivity index (χ1n) is 7.50. The third-order valence-electron chi connectivity index (χ3n) is 3.36. The minimum atomic E-state index is -4.42. The van der Waals surface area contributed by atoms with Crippen LogP contribution >= 0.6 is 0 Å². The second-order valence-corrected chi connectivity index (χ2v) is 5.20. The molecule has 0 aliphatic carbocycles. The summed E-state index contributed by atoms with van der Waals surface area (Å²) in [4.78, 5) is 0. The number of nitrogens with two attached hydrogens (primary N) is 1. The molecule has 2 N–H and O–H groups in total. The minimum absolute atomic E-state index is 0.0504. The molecule has 0 saturated carbocycles. The normalized spacial score (nSPS) is 13.2. The molecule has 2 nitrogen and oxygen atoms in total. The highest BCUT2D eigenvalue weighted by Gasteiger charge is 2.37. The van der Waals surface area contributed by atoms with Crippen molar-refractivity contribution in [1.29, 1.82) is 0 Å². The maximum Gasteiger partial charge on any atom is 0.407 e. The Bertz CT molecular complexity index is 390. The van der Waals surface area contributed by atoms with Gasteiger partial charge in [0.1, 0.15) is 11.8 Å². The third kappa shape index (κ3) is 6.85. The van der Waals surface area contributed by atoms with E-state index in [0.717, 1.165) is 12.8 Å². The van der Waals surface area contributed by atoms with Crippen LogP contribution in [0.3, 0.4) is 0 Å². The molecule has 5 heteroatoms. The van der Waals surface area contributed by atoms with Gasteiger partial charge in [-0.25, -0.2) is 0 Å². The van der Waals surface area contributed by atoms with Crippen molar-refractivity contribution in [3.05, 3.63) is 29.8 Å². The number of hydrogen-bond acceptors (Lipinski definition) is 2. The first kappa shape index (κ1) is 17.8. The molecule has 1 aromatic rings. The molecule has 21 heavy (non-hydrogen) atoms. The summed E-state index contributed by atoms with van der Waals surface area (Å²) in [5.74, 6) is 0.585. The van der Waals surface area contributed by atoms with Gasteiger partial charge < -0.3 is 10.5 Å². The van der Waals surface area contributed by atoms with Gasteiger partial charge in [-0.05, 0) is 24.1 Å². The van der Waals surface area contributed by atoms with Gasteiger partial charge in [0.2, 0.25) is 0 Å². The van der Waals surface area contributed by atoms with E-state index in [4.69, 9.17) is 10.5 Å². The van der Waals surface area contributed by atoms with E-state index in [2.05, 4.69) is 6.92 Å². The zero-order chi connectivity index (χ0) is 15.7. The zero-order valence-corrected chi connectivity index (χ0v) is 12.5. The molecule has 0 amide bonds. The highest BCUT2D eigenvalue weighted by molar-refractivity contribution is 5.29. The van der Waals surface area contributed by atoms with Crippen molar-refractivity contribution in [2.45, 2.75) is 57.7 Å². The molecule has 0 unspecified atom stereocenters. The van der Waals surface area contributed by atoms with Crippen LogP contribution in [0.5, 0.6) is 5.75 Å². The molecule has 0 radical (unpaired) electrons. The second kappa shape index (κ2) is 8.93. The van der Waals surface area contributed by atoms with Crippen molar-refractivity contribution < 1.29 is 17.9 Å². The molecule has 0 fully saturated rings. The molecule has 1 aromatic carbocycles. The molecule has 0 bridgehead atoms. The molecule has 0 heterocycles. The molecule has 0 saturated heterocycles. The monoisotopic (exact) mass is 303 g/mol. The average molecular weight is 303 g/mol. The Kier molecular flexibility index (Phi) is 7.57. The number of alkyl halides is 3. The van der Waals surface area contributed by atoms with Crippen LogP contribution in [0.1, 0.15) is 57.1 Å². The van der Waals surface area contributed by atoms with Gasteiger partial charge in [-0.3, -0.25) is 0 Å². The van der Waals surface area contributed by atoms with Gasteiger partial charge in [0.25, 0.3) is 0 Å². The molecule has 1 atom stereocenters. The van der Waals surface area contributed by atoms with Crippen molar-refractivity contribution in [3.63, 3.8) is 0 Å². The molecule has 0 aliphatic heterocycles. The summed E-state index contributed by atoms with van der Waals surface area (Å²) in [5.41, 5.74) is 5.19. The van der Waals surface area contributed by atoms with Gasteiger partial charge in [-0.1, -0.05) is 51.2 Å². The van der Waals surface area contributed by atoms with Gasteiger partial charge in [-0.2, -0.15) is 13.2 Å². The van der Waals surface area contributed by atoms with Crippen LogP contribution in [0.4, 0.5) is 13.2 Å². The van der Waals surface area contributed by atoms with E-state index in [0.29, 0.717) is 12.4 Å². The standard InChI is InChI=1S/C16H24F3NO/c1-2-3-4-5-6-7-12-21-14-10-8-13(9-11-14)15(20)16(17,18)19/h8-11,15H,2-7,12,20H2,1H3/t15-/m0/s1. The first-order valence-corrected chi connectivity index (χ1v) is 7.50. The lowest BCUT2D eigenvalue weighted by molar-refractivity contribution is -0.149. The Labute approximate surface area is 124 Å². The van der Waals surface area contributed by atoms with Crippen LogP contribution in [0.15, 0.2) is 24.3 Å². The number of rotatable bonds is 9. The lowest BCUT2D eigenvalue weighted by atomic mass is 10.1. The Morgan fingerprint density at radius 3 is 2.14 bits per heavy atom. The molecular weight excluding hydrogens is 279 g/mol. The summed E-state index contributed by atoms with van der Waals surface area (Å²) in [6.45, 7) is 2.77. The fourth-order valence-electron chi connectivity index (χ4n) is 2.03. The number of halogens is 3. The molecule has 1 rings (SSSR count). The smallest absolute Gasteiger partial charge is 0.407 e. The molecule has 0 spiro atoms. The molecular formula is C16H24F3NO. The van der Waals surface area contributed by atoms with E-state index in [1.807, 2.05) is 0 Å². The summed E-state index contributed by atoms with van der Waals surface area (Å²) >= 11 is 0. The zero-order valence-electron chi connectivity index (χ0n) is 12.5. The fourth-order valence-corrected chi connectivity index (χ4v) is 2.03. The summed E-state index contributed by atoms with van der Waals surface area (Å²) in [6, 6.07) is 3.88. The van der Waals surface area contributed by atoms with Gasteiger partial charge in [0, 0.05) is 0 Å². The van der Waals surface area contributed by atoms with Gasteiger partial charge >= 0.3 is 6.18 Å². The maximum absolute atomic E-state index is 12.5. The Balaban J connectivity index is 2.28. The predicted molar refractivity (Wildman–Crippen MR) is 78.3 cm³/mol. The van der Waals surface area contributed by atoms with Crippen LogP contribution in [-0.4, -0.2) is 12.8 Å². The largest absolute Gasteiger partial charge is 0.494 e. The van der Waals surface area contributed by atoms with E-state index in [9.17, 15) is 13.2 Å². The maximum atomic E-state index is 12.5. The van der Waals surface area contributed by atoms with E-state index in [1.165, 1.54) is 49.9 Å². The van der Waals surface area contributed by atoms with Crippen molar-refractivity contribution >= 4 is 0 Å². The number of unbranched alkanes of at least 4 members (excludes halogenated alkanes) is 5. The number of benzene rings is 1. The topological polar surface area (TPSA) is 35.2 Å². The van der Waals surface area contributed by atoms with Gasteiger partial charge in [-0.15, -0.1) is 0 Å². The van der Waals surface area contributed by atoms with Crippen LogP contribution in [-0.2, 0) is 0 Å². The Morgan fingerprint density at radius 1 is 1.00 bits per heavy atom. The predicted octanol–water partition coefficient (Wildman–Crippen LogP) is 4.99. The Morgan fingerprint density at radius 2 is 1.57 bits per heavy atom. The van der Waals surface area contributed by atoms with E-state index >= 15 is 0 Å². The average Bonchev–Trinajstić information content (AvgIpc) is 2.45. The van der Waals surface area contributed by atoms with Crippen molar-refractivity contribution in [3.8, 4) is 5.75 Å². The van der Waals surface area contributed by atoms with Crippen LogP contribution in [0, 0.1) is 0 Å². The minimum Gasteiger partial charge on any atom is -0.494 e. The first-order chi connectivity index (χ1) is 9.95. The van der Waals surface area contributed by atoms with Gasteiger partial charge in [0.15, 0.2) is 0 Å². The molecule has 120 valence electrons. The lowest BCUT2D eigenvalue weighted by Gasteiger charge is -2.16. The van der Waals surface area contributed by atoms with E-state index in [-0.39, 0.29) is 5.56 Å². The lowest BCUT2D eigenvalue weighted by Crippen LogP contribution is -2.28. The van der Waals surface area contributed by atoms with E-state index in [1.54, 1.807) is 0 Å². The Hall–Kier alpha value is -1.23.